The summed E-state index contributed by atoms with van der Waals surface area (Å²) in [4.78, 5) is 9.23. The highest BCUT2D eigenvalue weighted by Crippen LogP contribution is 2.12. The van der Waals surface area contributed by atoms with Gasteiger partial charge in [-0.05, 0) is 37.4 Å². The Bertz CT molecular complexity index is 623. The maximum Gasteiger partial charge on any atom is 0.191 e. The Morgan fingerprint density at radius 2 is 1.90 bits per heavy atom. The van der Waals surface area contributed by atoms with Crippen LogP contribution < -0.4 is 10.6 Å². The zero-order chi connectivity index (χ0) is 21.0. The van der Waals surface area contributed by atoms with Crippen LogP contribution in [-0.4, -0.2) is 88.5 Å². The van der Waals surface area contributed by atoms with Gasteiger partial charge in [0, 0.05) is 66.1 Å². The van der Waals surface area contributed by atoms with Crippen LogP contribution in [0.25, 0.3) is 0 Å². The van der Waals surface area contributed by atoms with Crippen molar-refractivity contribution in [1.82, 2.24) is 20.4 Å². The molecule has 30 heavy (non-hydrogen) atoms. The average molecular weight is 418 g/mol. The van der Waals surface area contributed by atoms with Crippen LogP contribution >= 0.6 is 0 Å². The first-order valence-electron chi connectivity index (χ1n) is 11.4. The highest BCUT2D eigenvalue weighted by Gasteiger charge is 2.15. The van der Waals surface area contributed by atoms with E-state index in [0.717, 1.165) is 90.9 Å². The Kier molecular flexibility index (Phi) is 9.89. The first kappa shape index (κ1) is 23.0. The van der Waals surface area contributed by atoms with Crippen molar-refractivity contribution in [2.75, 3.05) is 66.6 Å². The second-order valence-corrected chi connectivity index (χ2v) is 8.31. The van der Waals surface area contributed by atoms with E-state index >= 15 is 0 Å². The third-order valence-electron chi connectivity index (χ3n) is 5.79. The highest BCUT2D eigenvalue weighted by atomic mass is 16.5. The molecule has 2 saturated heterocycles. The second kappa shape index (κ2) is 12.9. The van der Waals surface area contributed by atoms with Crippen molar-refractivity contribution in [3.63, 3.8) is 0 Å². The van der Waals surface area contributed by atoms with Gasteiger partial charge < -0.3 is 25.0 Å². The van der Waals surface area contributed by atoms with Crippen molar-refractivity contribution in [2.45, 2.75) is 38.5 Å². The van der Waals surface area contributed by atoms with Crippen LogP contribution in [-0.2, 0) is 22.6 Å². The van der Waals surface area contributed by atoms with E-state index < -0.39 is 0 Å². The molecule has 0 spiro atoms. The van der Waals surface area contributed by atoms with Crippen molar-refractivity contribution >= 4 is 5.96 Å². The zero-order valence-corrected chi connectivity index (χ0v) is 18.7. The number of likely N-dealkylation sites (N-methyl/N-ethyl adjacent to an activating group) is 1. The fraction of sp³-hybridized carbons (Fsp3) is 0.696. The molecule has 0 amide bonds. The largest absolute Gasteiger partial charge is 0.379 e. The van der Waals surface area contributed by atoms with Crippen molar-refractivity contribution < 1.29 is 9.47 Å². The molecule has 2 heterocycles. The smallest absolute Gasteiger partial charge is 0.191 e. The molecule has 168 valence electrons. The molecule has 7 heteroatoms. The van der Waals surface area contributed by atoms with E-state index in [1.807, 2.05) is 7.05 Å². The van der Waals surface area contributed by atoms with Crippen LogP contribution in [0.2, 0.25) is 0 Å². The minimum Gasteiger partial charge on any atom is -0.379 e. The predicted molar refractivity (Wildman–Crippen MR) is 122 cm³/mol. The maximum absolute atomic E-state index is 5.70. The summed E-state index contributed by atoms with van der Waals surface area (Å²) in [6.45, 7) is 9.64. The lowest BCUT2D eigenvalue weighted by Gasteiger charge is -2.32. The number of nitrogens with one attached hydrogen (secondary N) is 2. The summed E-state index contributed by atoms with van der Waals surface area (Å²) < 4.78 is 11.3. The molecule has 0 aromatic heterocycles. The summed E-state index contributed by atoms with van der Waals surface area (Å²) >= 11 is 0. The number of ether oxygens (including phenoxy) is 2. The first-order chi connectivity index (χ1) is 14.7. The molecule has 0 bridgehead atoms. The summed E-state index contributed by atoms with van der Waals surface area (Å²) in [5.41, 5.74) is 2.65. The Morgan fingerprint density at radius 3 is 2.60 bits per heavy atom. The van der Waals surface area contributed by atoms with E-state index in [1.165, 1.54) is 11.1 Å². The van der Waals surface area contributed by atoms with Gasteiger partial charge in [0.05, 0.1) is 12.7 Å². The molecule has 0 aliphatic carbocycles. The zero-order valence-electron chi connectivity index (χ0n) is 18.7. The van der Waals surface area contributed by atoms with E-state index in [9.17, 15) is 0 Å². The number of aliphatic imine (C=N–C) groups is 1. The second-order valence-electron chi connectivity index (χ2n) is 8.31. The van der Waals surface area contributed by atoms with Gasteiger partial charge in [-0.3, -0.25) is 9.89 Å². The Balaban J connectivity index is 1.27. The lowest BCUT2D eigenvalue weighted by atomic mass is 10.1. The molecule has 3 rings (SSSR count). The van der Waals surface area contributed by atoms with Gasteiger partial charge in [0.2, 0.25) is 0 Å². The predicted octanol–water partition coefficient (Wildman–Crippen LogP) is 1.68. The molecule has 2 fully saturated rings. The van der Waals surface area contributed by atoms with Crippen LogP contribution in [0.3, 0.4) is 0 Å². The third kappa shape index (κ3) is 8.22. The molecule has 0 radical (unpaired) electrons. The van der Waals surface area contributed by atoms with Crippen LogP contribution in [0.15, 0.2) is 29.3 Å². The summed E-state index contributed by atoms with van der Waals surface area (Å²) in [7, 11) is 4.00. The van der Waals surface area contributed by atoms with E-state index in [1.54, 1.807) is 0 Å². The number of rotatable bonds is 10. The van der Waals surface area contributed by atoms with Gasteiger partial charge >= 0.3 is 0 Å². The molecule has 7 nitrogen and oxygen atoms in total. The minimum absolute atomic E-state index is 0.306. The summed E-state index contributed by atoms with van der Waals surface area (Å²) in [6.07, 6.45) is 3.55. The number of piperazine rings is 1. The summed E-state index contributed by atoms with van der Waals surface area (Å²) in [6, 6.07) is 8.92. The van der Waals surface area contributed by atoms with Crippen LogP contribution in [0, 0.1) is 0 Å². The minimum atomic E-state index is 0.306. The summed E-state index contributed by atoms with van der Waals surface area (Å²) in [5.74, 6) is 0.829. The van der Waals surface area contributed by atoms with Gasteiger partial charge in [0.1, 0.15) is 0 Å². The molecule has 1 aromatic rings. The number of benzene rings is 1. The average Bonchev–Trinajstić information content (AvgIpc) is 3.29. The van der Waals surface area contributed by atoms with E-state index in [4.69, 9.17) is 9.47 Å². The number of guanidine groups is 1. The lowest BCUT2D eigenvalue weighted by molar-refractivity contribution is 0.0168. The first-order valence-corrected chi connectivity index (χ1v) is 11.4. The molecule has 2 aliphatic rings. The Labute approximate surface area is 181 Å². The molecule has 1 unspecified atom stereocenters. The van der Waals surface area contributed by atoms with Crippen molar-refractivity contribution in [3.05, 3.63) is 35.4 Å². The highest BCUT2D eigenvalue weighted by molar-refractivity contribution is 5.79. The number of hydrogen-bond donors (Lipinski definition) is 2. The molecular weight excluding hydrogens is 378 g/mol. The topological polar surface area (TPSA) is 61.4 Å². The molecule has 1 atom stereocenters. The Morgan fingerprint density at radius 1 is 1.13 bits per heavy atom. The lowest BCUT2D eigenvalue weighted by Crippen LogP contribution is -2.43. The van der Waals surface area contributed by atoms with Gasteiger partial charge in [-0.15, -0.1) is 0 Å². The SMILES string of the molecule is CN=C(NCCCOCC1CCCO1)NCc1ccc(CN2CCN(C)CC2)cc1. The fourth-order valence-corrected chi connectivity index (χ4v) is 3.80. The van der Waals surface area contributed by atoms with Crippen LogP contribution in [0.5, 0.6) is 0 Å². The summed E-state index contributed by atoms with van der Waals surface area (Å²) in [5, 5.41) is 6.74. The Hall–Kier alpha value is -1.67. The molecule has 2 aliphatic heterocycles. The van der Waals surface area contributed by atoms with Gasteiger partial charge in [-0.25, -0.2) is 0 Å². The van der Waals surface area contributed by atoms with Gasteiger partial charge in [-0.2, -0.15) is 0 Å². The quantitative estimate of drug-likeness (QED) is 0.343. The molecule has 0 saturated carbocycles. The normalized spacial score (nSPS) is 21.1. The standard InChI is InChI=1S/C23H39N5O2/c1-24-23(25-10-4-15-29-19-22-5-3-16-30-22)26-17-20-6-8-21(9-7-20)18-28-13-11-27(2)12-14-28/h6-9,22H,3-5,10-19H2,1-2H3,(H2,24,25,26). The van der Waals surface area contributed by atoms with Crippen molar-refractivity contribution in [3.8, 4) is 0 Å². The van der Waals surface area contributed by atoms with E-state index in [-0.39, 0.29) is 0 Å². The van der Waals surface area contributed by atoms with Gasteiger partial charge in [0.25, 0.3) is 0 Å². The van der Waals surface area contributed by atoms with Crippen molar-refractivity contribution in [1.29, 1.82) is 0 Å². The molecule has 2 N–H and O–H groups in total. The maximum atomic E-state index is 5.70. The van der Waals surface area contributed by atoms with Crippen LogP contribution in [0.1, 0.15) is 30.4 Å². The van der Waals surface area contributed by atoms with E-state index in [2.05, 4.69) is 56.7 Å². The fourth-order valence-electron chi connectivity index (χ4n) is 3.80. The van der Waals surface area contributed by atoms with Gasteiger partial charge in [0.15, 0.2) is 5.96 Å². The van der Waals surface area contributed by atoms with E-state index in [0.29, 0.717) is 6.10 Å². The monoisotopic (exact) mass is 417 g/mol. The molecular formula is C23H39N5O2. The molecule has 1 aromatic carbocycles. The van der Waals surface area contributed by atoms with Gasteiger partial charge in [-0.1, -0.05) is 24.3 Å². The third-order valence-corrected chi connectivity index (χ3v) is 5.79. The number of nitrogens with zero attached hydrogens (tertiary/aromatic N) is 3. The van der Waals surface area contributed by atoms with Crippen LogP contribution in [0.4, 0.5) is 0 Å². The number of hydrogen-bond acceptors (Lipinski definition) is 5. The van der Waals surface area contributed by atoms with Crippen molar-refractivity contribution in [2.24, 2.45) is 4.99 Å².